The molecule has 3 aliphatic carbocycles. The average molecular weight is 316 g/mol. The number of aliphatic hydroxyl groups is 1. The fraction of sp³-hybridized carbons (Fsp3) is 0.632. The van der Waals surface area contributed by atoms with Gasteiger partial charge < -0.3 is 5.11 Å². The molecule has 2 nitrogen and oxygen atoms in total. The van der Waals surface area contributed by atoms with E-state index in [9.17, 15) is 9.90 Å². The van der Waals surface area contributed by atoms with Gasteiger partial charge in [-0.25, -0.2) is 0 Å². The molecule has 0 aliphatic heterocycles. The number of fused-ring (bicyclic) bond motifs is 3. The van der Waals surface area contributed by atoms with Crippen molar-refractivity contribution in [2.75, 3.05) is 0 Å². The number of hydrogen-bond acceptors (Lipinski definition) is 3. The van der Waals surface area contributed by atoms with Gasteiger partial charge >= 0.3 is 0 Å². The van der Waals surface area contributed by atoms with Crippen molar-refractivity contribution >= 4 is 22.7 Å². The topological polar surface area (TPSA) is 37.3 Å². The smallest absolute Gasteiger partial charge is 0.162 e. The molecule has 1 N–H and O–H groups in total. The highest BCUT2D eigenvalue weighted by atomic mass is 32.1. The van der Waals surface area contributed by atoms with Crippen LogP contribution in [0.25, 0.3) is 5.57 Å². The van der Waals surface area contributed by atoms with Gasteiger partial charge in [-0.05, 0) is 67.2 Å². The minimum Gasteiger partial charge on any atom is -0.389 e. The highest BCUT2D eigenvalue weighted by molar-refractivity contribution is 7.11. The van der Waals surface area contributed by atoms with Crippen LogP contribution in [0.2, 0.25) is 0 Å². The van der Waals surface area contributed by atoms with E-state index in [2.05, 4.69) is 18.4 Å². The van der Waals surface area contributed by atoms with Crippen LogP contribution in [0.5, 0.6) is 0 Å². The molecule has 118 valence electrons. The van der Waals surface area contributed by atoms with Crippen LogP contribution in [0, 0.1) is 11.3 Å². The Bertz CT molecular complexity index is 654. The summed E-state index contributed by atoms with van der Waals surface area (Å²) in [5.41, 5.74) is 2.07. The average Bonchev–Trinajstić information content (AvgIpc) is 3.02. The predicted molar refractivity (Wildman–Crippen MR) is 90.0 cm³/mol. The number of thiophene rings is 1. The van der Waals surface area contributed by atoms with Gasteiger partial charge in [-0.2, -0.15) is 0 Å². The first-order chi connectivity index (χ1) is 10.5. The summed E-state index contributed by atoms with van der Waals surface area (Å²) in [4.78, 5) is 13.9. The molecule has 4 unspecified atom stereocenters. The molecular formula is C19H24O2S. The number of rotatable bonds is 3. The van der Waals surface area contributed by atoms with Crippen molar-refractivity contribution in [3.05, 3.63) is 28.0 Å². The zero-order valence-electron chi connectivity index (χ0n) is 13.4. The molecule has 22 heavy (non-hydrogen) atoms. The third-order valence-corrected chi connectivity index (χ3v) is 7.36. The minimum absolute atomic E-state index is 0.123. The SMILES string of the molecule is CCCCC1c2ccsc2C2=CC(=O)C3CC21CCC3(C)O. The van der Waals surface area contributed by atoms with Crippen molar-refractivity contribution in [3.63, 3.8) is 0 Å². The van der Waals surface area contributed by atoms with Crippen LogP contribution < -0.4 is 0 Å². The monoisotopic (exact) mass is 316 g/mol. The number of unbranched alkanes of at least 4 members (excludes halogenated alkanes) is 1. The third kappa shape index (κ3) is 1.78. The fourth-order valence-corrected chi connectivity index (χ4v) is 6.21. The quantitative estimate of drug-likeness (QED) is 0.889. The molecule has 3 aliphatic rings. The number of carbonyl (C=O) groups excluding carboxylic acids is 1. The molecular weight excluding hydrogens is 292 g/mol. The molecule has 0 aromatic carbocycles. The zero-order valence-corrected chi connectivity index (χ0v) is 14.2. The first-order valence-corrected chi connectivity index (χ1v) is 9.44. The maximum Gasteiger partial charge on any atom is 0.162 e. The summed E-state index contributed by atoms with van der Waals surface area (Å²) < 4.78 is 0. The second-order valence-corrected chi connectivity index (χ2v) is 8.55. The Morgan fingerprint density at radius 2 is 2.23 bits per heavy atom. The maximum absolute atomic E-state index is 12.6. The molecule has 1 heterocycles. The Kier molecular flexibility index (Phi) is 3.18. The van der Waals surface area contributed by atoms with E-state index >= 15 is 0 Å². The van der Waals surface area contributed by atoms with E-state index in [0.29, 0.717) is 5.92 Å². The summed E-state index contributed by atoms with van der Waals surface area (Å²) >= 11 is 1.79. The summed E-state index contributed by atoms with van der Waals surface area (Å²) in [5.74, 6) is 0.487. The van der Waals surface area contributed by atoms with Gasteiger partial charge in [0.1, 0.15) is 0 Å². The van der Waals surface area contributed by atoms with Crippen LogP contribution in [0.3, 0.4) is 0 Å². The summed E-state index contributed by atoms with van der Waals surface area (Å²) in [7, 11) is 0. The van der Waals surface area contributed by atoms with Crippen LogP contribution in [-0.2, 0) is 4.79 Å². The van der Waals surface area contributed by atoms with Crippen molar-refractivity contribution in [1.29, 1.82) is 0 Å². The number of allylic oxidation sites excluding steroid dienone is 2. The lowest BCUT2D eigenvalue weighted by molar-refractivity contribution is -0.135. The van der Waals surface area contributed by atoms with Crippen LogP contribution in [0.4, 0.5) is 0 Å². The molecule has 1 aromatic heterocycles. The zero-order chi connectivity index (χ0) is 15.5. The Hall–Kier alpha value is -0.930. The molecule has 0 saturated heterocycles. The normalized spacial score (nSPS) is 39.4. The molecule has 0 radical (unpaired) electrons. The van der Waals surface area contributed by atoms with Gasteiger partial charge in [-0.1, -0.05) is 19.8 Å². The van der Waals surface area contributed by atoms with Crippen LogP contribution in [-0.4, -0.2) is 16.5 Å². The van der Waals surface area contributed by atoms with Crippen molar-refractivity contribution < 1.29 is 9.90 Å². The van der Waals surface area contributed by atoms with Crippen molar-refractivity contribution in [1.82, 2.24) is 0 Å². The fourth-order valence-electron chi connectivity index (χ4n) is 5.12. The van der Waals surface area contributed by atoms with E-state index < -0.39 is 5.60 Å². The third-order valence-electron chi connectivity index (χ3n) is 6.39. The summed E-state index contributed by atoms with van der Waals surface area (Å²) in [6.45, 7) is 4.10. The van der Waals surface area contributed by atoms with E-state index in [1.807, 2.05) is 13.0 Å². The second kappa shape index (κ2) is 4.78. The van der Waals surface area contributed by atoms with Crippen LogP contribution >= 0.6 is 11.3 Å². The van der Waals surface area contributed by atoms with Gasteiger partial charge in [0.25, 0.3) is 0 Å². The van der Waals surface area contributed by atoms with Crippen molar-refractivity contribution in [2.45, 2.75) is 63.9 Å². The summed E-state index contributed by atoms with van der Waals surface area (Å²) in [5, 5.41) is 12.8. The Morgan fingerprint density at radius 1 is 1.41 bits per heavy atom. The second-order valence-electron chi connectivity index (χ2n) is 7.63. The predicted octanol–water partition coefficient (Wildman–Crippen LogP) is 4.54. The molecule has 4 atom stereocenters. The molecule has 0 amide bonds. The maximum atomic E-state index is 12.6. The molecule has 1 aromatic rings. The Morgan fingerprint density at radius 3 is 3.00 bits per heavy atom. The van der Waals surface area contributed by atoms with E-state index in [-0.39, 0.29) is 17.1 Å². The first-order valence-electron chi connectivity index (χ1n) is 8.56. The lowest BCUT2D eigenvalue weighted by atomic mass is 9.54. The summed E-state index contributed by atoms with van der Waals surface area (Å²) in [6, 6.07) is 2.28. The van der Waals surface area contributed by atoms with Gasteiger partial charge in [0.15, 0.2) is 5.78 Å². The molecule has 3 heteroatoms. The first kappa shape index (κ1) is 14.6. The van der Waals surface area contributed by atoms with E-state index in [1.54, 1.807) is 11.3 Å². The molecule has 1 fully saturated rings. The van der Waals surface area contributed by atoms with Gasteiger partial charge in [0.2, 0.25) is 0 Å². The highest BCUT2D eigenvalue weighted by Gasteiger charge is 2.59. The van der Waals surface area contributed by atoms with Crippen molar-refractivity contribution in [2.24, 2.45) is 11.3 Å². The minimum atomic E-state index is -0.824. The summed E-state index contributed by atoms with van der Waals surface area (Å²) in [6.07, 6.45) is 8.17. The molecule has 4 rings (SSSR count). The van der Waals surface area contributed by atoms with Gasteiger partial charge in [-0.3, -0.25) is 4.79 Å². The van der Waals surface area contributed by atoms with Gasteiger partial charge in [0, 0.05) is 10.3 Å². The lowest BCUT2D eigenvalue weighted by Crippen LogP contribution is -2.51. The van der Waals surface area contributed by atoms with Gasteiger partial charge in [-0.15, -0.1) is 11.3 Å². The number of hydrogen-bond donors (Lipinski definition) is 1. The van der Waals surface area contributed by atoms with E-state index in [1.165, 1.54) is 35.3 Å². The lowest BCUT2D eigenvalue weighted by Gasteiger charge is -2.51. The molecule has 2 bridgehead atoms. The molecule has 1 saturated carbocycles. The highest BCUT2D eigenvalue weighted by Crippen LogP contribution is 2.67. The van der Waals surface area contributed by atoms with E-state index in [4.69, 9.17) is 0 Å². The Labute approximate surface area is 136 Å². The van der Waals surface area contributed by atoms with Crippen molar-refractivity contribution in [3.8, 4) is 0 Å². The standard InChI is InChI=1S/C19H24O2S/c1-3-4-5-13-12-6-9-22-17(12)14-10-16(20)15-11-19(13,14)8-7-18(15,2)21/h6,9-10,13,15,21H,3-5,7-8,11H2,1-2H3. The largest absolute Gasteiger partial charge is 0.389 e. The van der Waals surface area contributed by atoms with E-state index in [0.717, 1.165) is 19.3 Å². The van der Waals surface area contributed by atoms with Crippen LogP contribution in [0.15, 0.2) is 17.5 Å². The van der Waals surface area contributed by atoms with Crippen LogP contribution in [0.1, 0.15) is 68.7 Å². The molecule has 1 spiro atoms. The number of ketones is 1. The Balaban J connectivity index is 1.84. The van der Waals surface area contributed by atoms with Gasteiger partial charge in [0.05, 0.1) is 11.5 Å². The number of carbonyl (C=O) groups is 1.